The van der Waals surface area contributed by atoms with Gasteiger partial charge in [0.25, 0.3) is 0 Å². The SMILES string of the molecule is [C-]#[N+]c1c(-c2cccc(-n3c4ccccc4c4ccccc43)c2C#N)cccc1-n1c2ccccc2c2ccccc21. The third kappa shape index (κ3) is 3.27. The number of hydrogen-bond donors (Lipinski definition) is 0. The second kappa shape index (κ2) is 9.24. The zero-order valence-corrected chi connectivity index (χ0v) is 22.5. The van der Waals surface area contributed by atoms with Crippen LogP contribution in [-0.2, 0) is 0 Å². The molecule has 2 aromatic heterocycles. The summed E-state index contributed by atoms with van der Waals surface area (Å²) in [4.78, 5) is 4.10. The van der Waals surface area contributed by atoms with Gasteiger partial charge >= 0.3 is 0 Å². The molecule has 0 aliphatic carbocycles. The van der Waals surface area contributed by atoms with Gasteiger partial charge in [0.2, 0.25) is 5.69 Å². The van der Waals surface area contributed by atoms with Crippen LogP contribution in [0.5, 0.6) is 0 Å². The molecule has 0 saturated heterocycles. The van der Waals surface area contributed by atoms with Crippen LogP contribution in [-0.4, -0.2) is 9.13 Å². The minimum Gasteiger partial charge on any atom is -0.319 e. The normalized spacial score (nSPS) is 11.3. The number of nitrogens with zero attached hydrogens (tertiary/aromatic N) is 4. The van der Waals surface area contributed by atoms with Gasteiger partial charge in [0, 0.05) is 21.5 Å². The van der Waals surface area contributed by atoms with Crippen LogP contribution >= 0.6 is 0 Å². The molecule has 0 aliphatic heterocycles. The van der Waals surface area contributed by atoms with Crippen LogP contribution in [0.4, 0.5) is 5.69 Å². The first-order chi connectivity index (χ1) is 20.8. The van der Waals surface area contributed by atoms with Crippen molar-refractivity contribution < 1.29 is 0 Å². The number of nitriles is 1. The summed E-state index contributed by atoms with van der Waals surface area (Å²) in [5.41, 5.74) is 8.29. The van der Waals surface area contributed by atoms with Gasteiger partial charge in [0.15, 0.2) is 0 Å². The van der Waals surface area contributed by atoms with E-state index in [1.807, 2.05) is 84.9 Å². The van der Waals surface area contributed by atoms with Gasteiger partial charge in [-0.25, -0.2) is 4.85 Å². The van der Waals surface area contributed by atoms with Crippen molar-refractivity contribution >= 4 is 49.3 Å². The molecular weight excluding hydrogens is 512 g/mol. The van der Waals surface area contributed by atoms with Crippen LogP contribution in [0.15, 0.2) is 133 Å². The Balaban J connectivity index is 1.43. The average molecular weight is 535 g/mol. The summed E-state index contributed by atoms with van der Waals surface area (Å²) in [5, 5.41) is 15.2. The van der Waals surface area contributed by atoms with Crippen molar-refractivity contribution in [3.8, 4) is 28.6 Å². The van der Waals surface area contributed by atoms with Crippen LogP contribution in [0, 0.1) is 17.9 Å². The maximum atomic E-state index is 10.7. The zero-order valence-electron chi connectivity index (χ0n) is 22.5. The van der Waals surface area contributed by atoms with Gasteiger partial charge in [-0.05, 0) is 47.5 Å². The Morgan fingerprint density at radius 1 is 0.476 bits per heavy atom. The van der Waals surface area contributed by atoms with E-state index in [2.05, 4.69) is 68.6 Å². The predicted octanol–water partition coefficient (Wildman–Crippen LogP) is 9.97. The number of aromatic nitrogens is 2. The lowest BCUT2D eigenvalue weighted by Crippen LogP contribution is -2.00. The molecule has 8 rings (SSSR count). The standard InChI is InChI=1S/C38H22N4/c1-40-38-30(17-11-23-37(38)42-34-20-8-4-14-28(34)29-15-5-9-21-35(29)42)25-16-10-22-36(31(25)24-39)41-32-18-6-2-12-26(32)27-13-3-7-19-33(27)41/h2-23H. The molecule has 2 heterocycles. The fourth-order valence-electron chi connectivity index (χ4n) is 6.48. The Morgan fingerprint density at radius 3 is 1.33 bits per heavy atom. The van der Waals surface area contributed by atoms with Crippen LogP contribution in [0.2, 0.25) is 0 Å². The minimum atomic E-state index is 0.514. The topological polar surface area (TPSA) is 38.0 Å². The van der Waals surface area contributed by atoms with E-state index in [4.69, 9.17) is 6.57 Å². The second-order valence-electron chi connectivity index (χ2n) is 10.3. The van der Waals surface area contributed by atoms with Gasteiger partial charge in [-0.2, -0.15) is 5.26 Å². The quantitative estimate of drug-likeness (QED) is 0.208. The first-order valence-corrected chi connectivity index (χ1v) is 13.8. The summed E-state index contributed by atoms with van der Waals surface area (Å²) in [6.07, 6.45) is 0. The molecule has 0 bridgehead atoms. The first-order valence-electron chi connectivity index (χ1n) is 13.8. The molecule has 42 heavy (non-hydrogen) atoms. The Hall–Kier alpha value is -6.10. The lowest BCUT2D eigenvalue weighted by Gasteiger charge is -2.17. The third-order valence-corrected chi connectivity index (χ3v) is 8.21. The molecule has 194 valence electrons. The molecule has 0 saturated carbocycles. The molecule has 0 unspecified atom stereocenters. The van der Waals surface area contributed by atoms with E-state index in [1.165, 1.54) is 0 Å². The Kier molecular flexibility index (Phi) is 5.22. The van der Waals surface area contributed by atoms with Crippen LogP contribution < -0.4 is 0 Å². The number of fused-ring (bicyclic) bond motifs is 6. The van der Waals surface area contributed by atoms with E-state index in [-0.39, 0.29) is 0 Å². The molecule has 0 fully saturated rings. The second-order valence-corrected chi connectivity index (χ2v) is 10.3. The zero-order chi connectivity index (χ0) is 28.2. The molecule has 0 spiro atoms. The van der Waals surface area contributed by atoms with E-state index >= 15 is 0 Å². The van der Waals surface area contributed by atoms with Crippen molar-refractivity contribution in [2.45, 2.75) is 0 Å². The third-order valence-electron chi connectivity index (χ3n) is 8.21. The molecular formula is C38H22N4. The van der Waals surface area contributed by atoms with Gasteiger partial charge < -0.3 is 9.13 Å². The number of rotatable bonds is 3. The largest absolute Gasteiger partial charge is 0.319 e. The predicted molar refractivity (Wildman–Crippen MR) is 172 cm³/mol. The number of hydrogen-bond acceptors (Lipinski definition) is 1. The highest BCUT2D eigenvalue weighted by molar-refractivity contribution is 6.11. The summed E-state index contributed by atoms with van der Waals surface area (Å²) in [5.74, 6) is 0. The molecule has 8 aromatic rings. The highest BCUT2D eigenvalue weighted by atomic mass is 15.0. The van der Waals surface area contributed by atoms with Crippen molar-refractivity contribution in [1.82, 2.24) is 9.13 Å². The molecule has 0 atom stereocenters. The highest BCUT2D eigenvalue weighted by Gasteiger charge is 2.21. The van der Waals surface area contributed by atoms with Gasteiger partial charge in [-0.3, -0.25) is 0 Å². The van der Waals surface area contributed by atoms with Crippen molar-refractivity contribution in [2.24, 2.45) is 0 Å². The van der Waals surface area contributed by atoms with Gasteiger partial charge in [0.1, 0.15) is 6.07 Å². The fraction of sp³-hybridized carbons (Fsp3) is 0. The van der Waals surface area contributed by atoms with E-state index in [1.54, 1.807) is 0 Å². The molecule has 4 heteroatoms. The summed E-state index contributed by atoms with van der Waals surface area (Å²) < 4.78 is 4.34. The van der Waals surface area contributed by atoms with Crippen LogP contribution in [0.3, 0.4) is 0 Å². The lowest BCUT2D eigenvalue weighted by molar-refractivity contribution is 1.17. The summed E-state index contributed by atoms with van der Waals surface area (Å²) in [6, 6.07) is 47.6. The highest BCUT2D eigenvalue weighted by Crippen LogP contribution is 2.43. The van der Waals surface area contributed by atoms with Crippen LogP contribution in [0.1, 0.15) is 5.56 Å². The summed E-state index contributed by atoms with van der Waals surface area (Å²) in [7, 11) is 0. The Labute approximate surface area is 242 Å². The maximum absolute atomic E-state index is 10.7. The van der Waals surface area contributed by atoms with E-state index < -0.39 is 0 Å². The maximum Gasteiger partial charge on any atom is 0.218 e. The van der Waals surface area contributed by atoms with E-state index in [0.29, 0.717) is 11.3 Å². The molecule has 0 amide bonds. The van der Waals surface area contributed by atoms with E-state index in [9.17, 15) is 5.26 Å². The first kappa shape index (κ1) is 23.8. The minimum absolute atomic E-state index is 0.514. The van der Waals surface area contributed by atoms with Crippen molar-refractivity contribution in [3.05, 3.63) is 150 Å². The van der Waals surface area contributed by atoms with Crippen LogP contribution in [0.25, 0.3) is 71.0 Å². The lowest BCUT2D eigenvalue weighted by atomic mass is 9.96. The molecule has 0 aliphatic rings. The van der Waals surface area contributed by atoms with Gasteiger partial charge in [0.05, 0.1) is 45.6 Å². The van der Waals surface area contributed by atoms with Crippen molar-refractivity contribution in [1.29, 1.82) is 5.26 Å². The average Bonchev–Trinajstić information content (AvgIpc) is 3.57. The number of para-hydroxylation sites is 5. The Morgan fingerprint density at radius 2 is 0.881 bits per heavy atom. The van der Waals surface area contributed by atoms with Gasteiger partial charge in [-0.15, -0.1) is 0 Å². The monoisotopic (exact) mass is 534 g/mol. The van der Waals surface area contributed by atoms with Crippen molar-refractivity contribution in [3.63, 3.8) is 0 Å². The van der Waals surface area contributed by atoms with E-state index in [0.717, 1.165) is 66.1 Å². The molecule has 0 N–H and O–H groups in total. The molecule has 0 radical (unpaired) electrons. The Bertz CT molecular complexity index is 2160. The molecule has 4 nitrogen and oxygen atoms in total. The molecule has 6 aromatic carbocycles. The fourth-order valence-corrected chi connectivity index (χ4v) is 6.48. The van der Waals surface area contributed by atoms with Gasteiger partial charge in [-0.1, -0.05) is 97.1 Å². The summed E-state index contributed by atoms with van der Waals surface area (Å²) in [6.45, 7) is 8.35. The smallest absolute Gasteiger partial charge is 0.218 e. The number of benzene rings is 6. The summed E-state index contributed by atoms with van der Waals surface area (Å²) >= 11 is 0. The van der Waals surface area contributed by atoms with Crippen molar-refractivity contribution in [2.75, 3.05) is 0 Å².